The molecule has 1 fully saturated rings. The molecular weight excluding hydrogens is 522 g/mol. The van der Waals surface area contributed by atoms with Crippen LogP contribution in [0.15, 0.2) is 23.8 Å². The first-order valence-corrected chi connectivity index (χ1v) is 13.5. The molecule has 3 aromatic rings. The van der Waals surface area contributed by atoms with Crippen molar-refractivity contribution >= 4 is 57.1 Å². The van der Waals surface area contributed by atoms with Gasteiger partial charge in [0.25, 0.3) is 5.91 Å². The summed E-state index contributed by atoms with van der Waals surface area (Å²) in [5, 5.41) is 14.8. The Bertz CT molecular complexity index is 1210. The number of thiophene rings is 1. The van der Waals surface area contributed by atoms with Crippen molar-refractivity contribution in [1.82, 2.24) is 24.8 Å². The molecule has 10 nitrogen and oxygen atoms in total. The summed E-state index contributed by atoms with van der Waals surface area (Å²) in [6.45, 7) is 5.46. The number of hydrogen-bond acceptors (Lipinski definition) is 10. The number of hydrogen-bond donors (Lipinski definition) is 2. The van der Waals surface area contributed by atoms with Crippen molar-refractivity contribution in [2.24, 2.45) is 0 Å². The highest BCUT2D eigenvalue weighted by atomic mass is 35.5. The molecule has 0 saturated carbocycles. The molecule has 0 aromatic carbocycles. The molecule has 2 N–H and O–H groups in total. The van der Waals surface area contributed by atoms with Crippen molar-refractivity contribution in [1.29, 1.82) is 0 Å². The lowest BCUT2D eigenvalue weighted by molar-refractivity contribution is -0.137. The van der Waals surface area contributed by atoms with E-state index in [0.29, 0.717) is 42.2 Å². The maximum Gasteiger partial charge on any atom is 0.304 e. The molecular formula is C23H28ClN7O3S2. The fourth-order valence-electron chi connectivity index (χ4n) is 3.97. The number of anilines is 2. The number of amides is 1. The third kappa shape index (κ3) is 6.56. The summed E-state index contributed by atoms with van der Waals surface area (Å²) in [7, 11) is 3.97. The smallest absolute Gasteiger partial charge is 0.304 e. The Labute approximate surface area is 222 Å². The van der Waals surface area contributed by atoms with Gasteiger partial charge >= 0.3 is 5.97 Å². The molecule has 192 valence electrons. The second-order valence-corrected chi connectivity index (χ2v) is 11.3. The second-order valence-electron chi connectivity index (χ2n) is 8.85. The SMILES string of the molecule is C[C@H]1CN(c2cnc(C(=O)Nc3nc(-c4cc(Cl)cs4)c(CN(C)C)s3)cn2)CCN1CCC(=O)O. The minimum atomic E-state index is -0.789. The maximum atomic E-state index is 12.9. The molecule has 0 spiro atoms. The highest BCUT2D eigenvalue weighted by Crippen LogP contribution is 2.36. The zero-order valence-corrected chi connectivity index (χ0v) is 22.7. The number of nitrogens with zero attached hydrogens (tertiary/aromatic N) is 6. The van der Waals surface area contributed by atoms with Crippen molar-refractivity contribution in [3.05, 3.63) is 39.4 Å². The summed E-state index contributed by atoms with van der Waals surface area (Å²) < 4.78 is 0. The average Bonchev–Trinajstić information content (AvgIpc) is 3.43. The highest BCUT2D eigenvalue weighted by Gasteiger charge is 2.25. The molecule has 1 saturated heterocycles. The second kappa shape index (κ2) is 11.6. The van der Waals surface area contributed by atoms with Crippen molar-refractivity contribution in [2.75, 3.05) is 50.5 Å². The van der Waals surface area contributed by atoms with E-state index in [2.05, 4.69) is 41.9 Å². The Hall–Kier alpha value is -2.64. The van der Waals surface area contributed by atoms with Gasteiger partial charge < -0.3 is 14.9 Å². The number of nitrogens with one attached hydrogen (secondary N) is 1. The number of thiazole rings is 1. The van der Waals surface area contributed by atoms with Crippen LogP contribution in [0.25, 0.3) is 10.6 Å². The highest BCUT2D eigenvalue weighted by molar-refractivity contribution is 7.17. The third-order valence-electron chi connectivity index (χ3n) is 5.75. The molecule has 4 rings (SSSR count). The van der Waals surface area contributed by atoms with Crippen LogP contribution in [0.4, 0.5) is 10.9 Å². The Morgan fingerprint density at radius 3 is 2.69 bits per heavy atom. The molecule has 13 heteroatoms. The summed E-state index contributed by atoms with van der Waals surface area (Å²) in [6, 6.07) is 2.07. The number of halogens is 1. The number of carbonyl (C=O) groups excluding carboxylic acids is 1. The molecule has 0 unspecified atom stereocenters. The first-order chi connectivity index (χ1) is 17.2. The molecule has 0 aliphatic carbocycles. The first-order valence-electron chi connectivity index (χ1n) is 11.4. The predicted molar refractivity (Wildman–Crippen MR) is 143 cm³/mol. The van der Waals surface area contributed by atoms with Crippen molar-refractivity contribution in [3.8, 4) is 10.6 Å². The summed E-state index contributed by atoms with van der Waals surface area (Å²) in [6.07, 6.45) is 3.21. The maximum absolute atomic E-state index is 12.9. The van der Waals surface area contributed by atoms with Gasteiger partial charge in [-0.05, 0) is 27.1 Å². The van der Waals surface area contributed by atoms with Gasteiger partial charge in [0, 0.05) is 49.0 Å². The van der Waals surface area contributed by atoms with Gasteiger partial charge in [-0.25, -0.2) is 15.0 Å². The molecule has 0 bridgehead atoms. The van der Waals surface area contributed by atoms with E-state index >= 15 is 0 Å². The van der Waals surface area contributed by atoms with Crippen LogP contribution >= 0.6 is 34.3 Å². The number of carboxylic acids is 1. The van der Waals surface area contributed by atoms with Crippen LogP contribution in [0.2, 0.25) is 5.02 Å². The summed E-state index contributed by atoms with van der Waals surface area (Å²) in [5.41, 5.74) is 1.02. The summed E-state index contributed by atoms with van der Waals surface area (Å²) in [5.74, 6) is -0.472. The normalized spacial score (nSPS) is 16.5. The fraction of sp³-hybridized carbons (Fsp3) is 0.435. The van der Waals surface area contributed by atoms with Gasteiger partial charge in [-0.2, -0.15) is 0 Å². The van der Waals surface area contributed by atoms with Gasteiger partial charge in [0.15, 0.2) is 5.13 Å². The van der Waals surface area contributed by atoms with E-state index in [-0.39, 0.29) is 24.1 Å². The molecule has 1 aliphatic heterocycles. The van der Waals surface area contributed by atoms with Crippen molar-refractivity contribution in [2.45, 2.75) is 25.9 Å². The van der Waals surface area contributed by atoms with E-state index in [9.17, 15) is 9.59 Å². The minimum Gasteiger partial charge on any atom is -0.481 e. The van der Waals surface area contributed by atoms with E-state index in [1.807, 2.05) is 25.5 Å². The molecule has 1 aliphatic rings. The lowest BCUT2D eigenvalue weighted by Gasteiger charge is -2.40. The number of carboxylic acid groups (broad SMARTS) is 1. The Morgan fingerprint density at radius 1 is 1.28 bits per heavy atom. The number of aliphatic carboxylic acids is 1. The number of rotatable bonds is 9. The monoisotopic (exact) mass is 549 g/mol. The van der Waals surface area contributed by atoms with Crippen LogP contribution in [0.1, 0.15) is 28.7 Å². The van der Waals surface area contributed by atoms with Gasteiger partial charge in [0.1, 0.15) is 11.5 Å². The molecule has 4 heterocycles. The van der Waals surface area contributed by atoms with E-state index < -0.39 is 5.97 Å². The fourth-order valence-corrected chi connectivity index (χ4v) is 6.21. The van der Waals surface area contributed by atoms with E-state index in [4.69, 9.17) is 16.7 Å². The van der Waals surface area contributed by atoms with Crippen LogP contribution in [0, 0.1) is 0 Å². The number of piperazine rings is 1. The van der Waals surface area contributed by atoms with Gasteiger partial charge in [-0.15, -0.1) is 11.3 Å². The van der Waals surface area contributed by atoms with Crippen LogP contribution in [-0.4, -0.2) is 88.1 Å². The number of aromatic nitrogens is 3. The zero-order chi connectivity index (χ0) is 25.8. The standard InChI is InChI=1S/C23H28ClN7O3S2/c1-14-11-31(7-6-30(14)5-4-20(32)33)19-10-25-16(9-26-19)22(34)28-23-27-21(17-8-15(24)13-35-17)18(36-23)12-29(2)3/h8-10,13-14H,4-7,11-12H2,1-3H3,(H,32,33)(H,27,28,34)/t14-/m0/s1. The minimum absolute atomic E-state index is 0.131. The third-order valence-corrected chi connectivity index (χ3v) is 7.99. The lowest BCUT2D eigenvalue weighted by Crippen LogP contribution is -2.52. The topological polar surface area (TPSA) is 115 Å². The zero-order valence-electron chi connectivity index (χ0n) is 20.3. The number of carbonyl (C=O) groups is 2. The molecule has 3 aromatic heterocycles. The van der Waals surface area contributed by atoms with Crippen LogP contribution in [0.5, 0.6) is 0 Å². The lowest BCUT2D eigenvalue weighted by atomic mass is 10.2. The van der Waals surface area contributed by atoms with Crippen LogP contribution < -0.4 is 10.2 Å². The van der Waals surface area contributed by atoms with E-state index in [0.717, 1.165) is 22.0 Å². The molecule has 1 atom stereocenters. The molecule has 1 amide bonds. The summed E-state index contributed by atoms with van der Waals surface area (Å²) >= 11 is 9.06. The van der Waals surface area contributed by atoms with Crippen molar-refractivity contribution in [3.63, 3.8) is 0 Å². The predicted octanol–water partition coefficient (Wildman–Crippen LogP) is 3.61. The quantitative estimate of drug-likeness (QED) is 0.413. The Morgan fingerprint density at radius 2 is 2.08 bits per heavy atom. The largest absolute Gasteiger partial charge is 0.481 e. The average molecular weight is 550 g/mol. The van der Waals surface area contributed by atoms with Gasteiger partial charge in [0.2, 0.25) is 0 Å². The van der Waals surface area contributed by atoms with Gasteiger partial charge in [0.05, 0.1) is 34.4 Å². The van der Waals surface area contributed by atoms with Crippen LogP contribution in [0.3, 0.4) is 0 Å². The van der Waals surface area contributed by atoms with Gasteiger partial charge in [-0.1, -0.05) is 22.9 Å². The van der Waals surface area contributed by atoms with E-state index in [1.54, 1.807) is 6.20 Å². The van der Waals surface area contributed by atoms with Crippen molar-refractivity contribution < 1.29 is 14.7 Å². The van der Waals surface area contributed by atoms with Gasteiger partial charge in [-0.3, -0.25) is 19.8 Å². The van der Waals surface area contributed by atoms with E-state index in [1.165, 1.54) is 28.9 Å². The Balaban J connectivity index is 1.41. The Kier molecular flexibility index (Phi) is 8.52. The van der Waals surface area contributed by atoms with Crippen LogP contribution in [-0.2, 0) is 11.3 Å². The summed E-state index contributed by atoms with van der Waals surface area (Å²) in [4.78, 5) is 45.5. The first kappa shape index (κ1) is 26.4. The molecule has 36 heavy (non-hydrogen) atoms. The molecule has 0 radical (unpaired) electrons.